The van der Waals surface area contributed by atoms with Crippen molar-refractivity contribution < 1.29 is 4.79 Å². The minimum Gasteiger partial charge on any atom is -0.329 e. The Bertz CT molecular complexity index is 1240. The van der Waals surface area contributed by atoms with Gasteiger partial charge < -0.3 is 9.47 Å². The molecule has 1 aliphatic rings. The largest absolute Gasteiger partial charge is 0.329 e. The highest BCUT2D eigenvalue weighted by Crippen LogP contribution is 2.37. The zero-order valence-electron chi connectivity index (χ0n) is 15.3. The molecule has 7 heteroatoms. The van der Waals surface area contributed by atoms with Crippen molar-refractivity contribution in [1.82, 2.24) is 19.4 Å². The Kier molecular flexibility index (Phi) is 3.98. The van der Waals surface area contributed by atoms with Crippen molar-refractivity contribution in [3.8, 4) is 0 Å². The highest BCUT2D eigenvalue weighted by atomic mass is 32.1. The van der Waals surface area contributed by atoms with Crippen LogP contribution in [0.15, 0.2) is 53.6 Å². The molecule has 28 heavy (non-hydrogen) atoms. The summed E-state index contributed by atoms with van der Waals surface area (Å²) < 4.78 is 2.58. The first kappa shape index (κ1) is 17.1. The van der Waals surface area contributed by atoms with Gasteiger partial charge in [-0.3, -0.25) is 9.59 Å². The van der Waals surface area contributed by atoms with Crippen LogP contribution in [-0.2, 0) is 7.05 Å². The Balaban J connectivity index is 1.50. The van der Waals surface area contributed by atoms with E-state index in [-0.39, 0.29) is 17.5 Å². The Hall–Kier alpha value is -3.06. The normalized spacial score (nSPS) is 16.9. The number of fused-ring (bicyclic) bond motifs is 2. The van der Waals surface area contributed by atoms with Crippen LogP contribution < -0.4 is 5.56 Å². The molecular formula is C21H18N4O2S. The molecule has 1 atom stereocenters. The molecule has 6 nitrogen and oxygen atoms in total. The summed E-state index contributed by atoms with van der Waals surface area (Å²) in [6.07, 6.45) is 3.36. The first-order valence-corrected chi connectivity index (χ1v) is 10.1. The van der Waals surface area contributed by atoms with E-state index in [1.54, 1.807) is 36.6 Å². The maximum absolute atomic E-state index is 13.2. The van der Waals surface area contributed by atoms with Crippen LogP contribution in [0.3, 0.4) is 0 Å². The van der Waals surface area contributed by atoms with Crippen molar-refractivity contribution in [1.29, 1.82) is 0 Å². The topological polar surface area (TPSA) is 68.1 Å². The quantitative estimate of drug-likeness (QED) is 0.525. The molecule has 140 valence electrons. The maximum atomic E-state index is 13.2. The average Bonchev–Trinajstić information content (AvgIpc) is 3.36. The van der Waals surface area contributed by atoms with Gasteiger partial charge in [-0.2, -0.15) is 0 Å². The predicted octanol–water partition coefficient (Wildman–Crippen LogP) is 3.52. The minimum atomic E-state index is -0.113. The third-order valence-electron chi connectivity index (χ3n) is 5.27. The van der Waals surface area contributed by atoms with Crippen LogP contribution >= 0.6 is 11.3 Å². The zero-order valence-corrected chi connectivity index (χ0v) is 16.1. The maximum Gasteiger partial charge on any atom is 0.260 e. The number of hydrogen-bond donors (Lipinski definition) is 0. The number of likely N-dealkylation sites (tertiary alicyclic amines) is 1. The van der Waals surface area contributed by atoms with Crippen molar-refractivity contribution in [2.24, 2.45) is 7.05 Å². The summed E-state index contributed by atoms with van der Waals surface area (Å²) >= 11 is 1.66. The van der Waals surface area contributed by atoms with E-state index in [0.717, 1.165) is 28.1 Å². The van der Waals surface area contributed by atoms with Crippen molar-refractivity contribution in [2.45, 2.75) is 18.9 Å². The molecule has 0 bridgehead atoms. The molecule has 1 aliphatic heterocycles. The fourth-order valence-electron chi connectivity index (χ4n) is 3.81. The van der Waals surface area contributed by atoms with Crippen LogP contribution in [0.25, 0.3) is 21.1 Å². The number of hydrogen-bond acceptors (Lipinski definition) is 5. The van der Waals surface area contributed by atoms with E-state index in [2.05, 4.69) is 11.1 Å². The molecule has 2 aromatic carbocycles. The van der Waals surface area contributed by atoms with Crippen LogP contribution in [-0.4, -0.2) is 31.9 Å². The second-order valence-corrected chi connectivity index (χ2v) is 8.13. The molecule has 4 aromatic rings. The van der Waals surface area contributed by atoms with Gasteiger partial charge in [0, 0.05) is 19.2 Å². The highest BCUT2D eigenvalue weighted by molar-refractivity contribution is 7.18. The van der Waals surface area contributed by atoms with Gasteiger partial charge in [0.2, 0.25) is 0 Å². The zero-order chi connectivity index (χ0) is 19.3. The van der Waals surface area contributed by atoms with Gasteiger partial charge in [0.25, 0.3) is 11.5 Å². The number of para-hydroxylation sites is 1. The van der Waals surface area contributed by atoms with E-state index in [9.17, 15) is 9.59 Å². The monoisotopic (exact) mass is 390 g/mol. The standard InChI is InChI=1S/C21H18N4O2S/c1-24-12-22-16-11-13(8-9-14(16)21(24)27)20(26)25-10-4-6-17(25)19-23-15-5-2-3-7-18(15)28-19/h2-3,5,7-9,11-12,17H,4,6,10H2,1H3/t17-/m1/s1. The third-order valence-corrected chi connectivity index (χ3v) is 6.41. The summed E-state index contributed by atoms with van der Waals surface area (Å²) in [6, 6.07) is 13.2. The van der Waals surface area contributed by atoms with E-state index in [4.69, 9.17) is 4.98 Å². The number of aryl methyl sites for hydroxylation is 1. The van der Waals surface area contributed by atoms with E-state index in [1.165, 1.54) is 10.9 Å². The lowest BCUT2D eigenvalue weighted by Crippen LogP contribution is -2.30. The lowest BCUT2D eigenvalue weighted by molar-refractivity contribution is 0.0735. The van der Waals surface area contributed by atoms with E-state index < -0.39 is 0 Å². The number of carbonyl (C=O) groups is 1. The molecule has 0 N–H and O–H groups in total. The van der Waals surface area contributed by atoms with Crippen molar-refractivity contribution in [3.05, 3.63) is 69.7 Å². The smallest absolute Gasteiger partial charge is 0.260 e. The number of rotatable bonds is 2. The summed E-state index contributed by atoms with van der Waals surface area (Å²) in [6.45, 7) is 0.710. The number of amides is 1. The van der Waals surface area contributed by atoms with Crippen LogP contribution in [0.4, 0.5) is 0 Å². The molecule has 1 fully saturated rings. The van der Waals surface area contributed by atoms with Gasteiger partial charge in [-0.05, 0) is 43.2 Å². The number of carbonyl (C=O) groups excluding carboxylic acids is 1. The van der Waals surface area contributed by atoms with Gasteiger partial charge >= 0.3 is 0 Å². The molecule has 0 aliphatic carbocycles. The molecule has 0 spiro atoms. The molecule has 5 rings (SSSR count). The summed E-state index contributed by atoms with van der Waals surface area (Å²) in [4.78, 5) is 36.4. The Morgan fingerprint density at radius 3 is 2.89 bits per heavy atom. The summed E-state index contributed by atoms with van der Waals surface area (Å²) in [5.41, 5.74) is 1.97. The summed E-state index contributed by atoms with van der Waals surface area (Å²) in [5.74, 6) is -0.0360. The Labute approximate surface area is 165 Å². The molecule has 2 aromatic heterocycles. The molecular weight excluding hydrogens is 372 g/mol. The Morgan fingerprint density at radius 2 is 2.04 bits per heavy atom. The number of thiazole rings is 1. The lowest BCUT2D eigenvalue weighted by Gasteiger charge is -2.23. The number of aromatic nitrogens is 3. The van der Waals surface area contributed by atoms with Crippen LogP contribution in [0.1, 0.15) is 34.2 Å². The SMILES string of the molecule is Cn1cnc2cc(C(=O)N3CCC[C@@H]3c3nc4ccccc4s3)ccc2c1=O. The molecule has 1 amide bonds. The Morgan fingerprint density at radius 1 is 1.18 bits per heavy atom. The van der Waals surface area contributed by atoms with Crippen LogP contribution in [0, 0.1) is 0 Å². The van der Waals surface area contributed by atoms with Gasteiger partial charge in [0.1, 0.15) is 5.01 Å². The molecule has 1 saturated heterocycles. The van der Waals surface area contributed by atoms with Crippen molar-refractivity contribution in [2.75, 3.05) is 6.54 Å². The van der Waals surface area contributed by atoms with Crippen molar-refractivity contribution in [3.63, 3.8) is 0 Å². The average molecular weight is 390 g/mol. The molecule has 0 saturated carbocycles. The fraction of sp³-hybridized carbons (Fsp3) is 0.238. The fourth-order valence-corrected chi connectivity index (χ4v) is 4.92. The second kappa shape index (κ2) is 6.53. The van der Waals surface area contributed by atoms with E-state index in [0.29, 0.717) is 23.0 Å². The second-order valence-electron chi connectivity index (χ2n) is 7.07. The van der Waals surface area contributed by atoms with E-state index >= 15 is 0 Å². The number of nitrogens with zero attached hydrogens (tertiary/aromatic N) is 4. The van der Waals surface area contributed by atoms with Crippen molar-refractivity contribution >= 4 is 38.4 Å². The van der Waals surface area contributed by atoms with Gasteiger partial charge in [0.05, 0.1) is 33.5 Å². The summed E-state index contributed by atoms with van der Waals surface area (Å²) in [5, 5.41) is 1.51. The first-order chi connectivity index (χ1) is 13.6. The predicted molar refractivity (Wildman–Crippen MR) is 110 cm³/mol. The van der Waals surface area contributed by atoms with Gasteiger partial charge in [-0.25, -0.2) is 9.97 Å². The molecule has 3 heterocycles. The minimum absolute atomic E-state index is 0.00259. The third kappa shape index (κ3) is 2.70. The molecule has 0 radical (unpaired) electrons. The first-order valence-electron chi connectivity index (χ1n) is 9.23. The molecule has 0 unspecified atom stereocenters. The van der Waals surface area contributed by atoms with Gasteiger partial charge in [-0.1, -0.05) is 12.1 Å². The summed E-state index contributed by atoms with van der Waals surface area (Å²) in [7, 11) is 1.67. The number of benzene rings is 2. The van der Waals surface area contributed by atoms with Crippen LogP contribution in [0.2, 0.25) is 0 Å². The lowest BCUT2D eigenvalue weighted by atomic mass is 10.1. The van der Waals surface area contributed by atoms with Crippen LogP contribution in [0.5, 0.6) is 0 Å². The van der Waals surface area contributed by atoms with E-state index in [1.807, 2.05) is 23.1 Å². The van der Waals surface area contributed by atoms with Gasteiger partial charge in [0.15, 0.2) is 0 Å². The van der Waals surface area contributed by atoms with Gasteiger partial charge in [-0.15, -0.1) is 11.3 Å². The highest BCUT2D eigenvalue weighted by Gasteiger charge is 2.33.